The van der Waals surface area contributed by atoms with Crippen molar-refractivity contribution >= 4 is 17.8 Å². The van der Waals surface area contributed by atoms with Crippen molar-refractivity contribution in [3.8, 4) is 0 Å². The van der Waals surface area contributed by atoms with E-state index in [2.05, 4.69) is 11.6 Å². The van der Waals surface area contributed by atoms with Crippen LogP contribution in [0.1, 0.15) is 29.6 Å². The summed E-state index contributed by atoms with van der Waals surface area (Å²) in [5, 5.41) is 7.12. The largest absolute Gasteiger partial charge is 0.490 e. The summed E-state index contributed by atoms with van der Waals surface area (Å²) in [4.78, 5) is 41.6. The van der Waals surface area contributed by atoms with Crippen LogP contribution >= 0.6 is 0 Å². The summed E-state index contributed by atoms with van der Waals surface area (Å²) < 4.78 is 31.7. The molecule has 29 heavy (non-hydrogen) atoms. The zero-order valence-electron chi connectivity index (χ0n) is 15.7. The molecule has 158 valence electrons. The molecular weight excluding hydrogens is 391 g/mol. The zero-order chi connectivity index (χ0) is 21.7. The quantitative estimate of drug-likeness (QED) is 0.769. The maximum Gasteiger partial charge on any atom is 0.490 e. The van der Waals surface area contributed by atoms with Gasteiger partial charge in [-0.25, -0.2) is 4.79 Å². The molecule has 2 aliphatic rings. The van der Waals surface area contributed by atoms with Gasteiger partial charge in [0.2, 0.25) is 5.91 Å². The number of aliphatic carboxylic acids is 1. The van der Waals surface area contributed by atoms with Gasteiger partial charge in [-0.1, -0.05) is 6.08 Å². The van der Waals surface area contributed by atoms with Gasteiger partial charge in [-0.2, -0.15) is 13.2 Å². The van der Waals surface area contributed by atoms with Crippen LogP contribution in [0, 0.1) is 5.41 Å². The molecular formula is C19H22F3N3O4. The van der Waals surface area contributed by atoms with Crippen LogP contribution in [0.25, 0.3) is 0 Å². The standard InChI is InChI=1S/C17H21N3O2.C2HF3O2/c1-2-10-20-13-7-17(16(20)22)5-11-19(12-6-17)15(21)14-3-8-18-9-4-14;3-2(4,5)1(6)7/h2-4,8-9H,1,5-7,10-13H2;(H,6,7). The number of carboxylic acid groups (broad SMARTS) is 1. The summed E-state index contributed by atoms with van der Waals surface area (Å²) >= 11 is 0. The highest BCUT2D eigenvalue weighted by molar-refractivity contribution is 5.94. The third kappa shape index (κ3) is 5.33. The zero-order valence-corrected chi connectivity index (χ0v) is 15.7. The first-order chi connectivity index (χ1) is 13.6. The molecule has 0 bridgehead atoms. The van der Waals surface area contributed by atoms with Crippen molar-refractivity contribution in [2.45, 2.75) is 25.4 Å². The number of carbonyl (C=O) groups excluding carboxylic acids is 2. The Bertz CT molecular complexity index is 760. The molecule has 1 N–H and O–H groups in total. The number of hydrogen-bond donors (Lipinski definition) is 1. The lowest BCUT2D eigenvalue weighted by Crippen LogP contribution is -2.46. The van der Waals surface area contributed by atoms with Gasteiger partial charge in [0, 0.05) is 44.1 Å². The molecule has 1 aromatic rings. The van der Waals surface area contributed by atoms with Gasteiger partial charge in [0.15, 0.2) is 0 Å². The first kappa shape index (κ1) is 22.4. The fourth-order valence-corrected chi connectivity index (χ4v) is 3.50. The monoisotopic (exact) mass is 413 g/mol. The molecule has 0 unspecified atom stereocenters. The second-order valence-corrected chi connectivity index (χ2v) is 6.90. The molecule has 0 atom stereocenters. The van der Waals surface area contributed by atoms with Crippen LogP contribution in [0.5, 0.6) is 0 Å². The molecule has 2 fully saturated rings. The average Bonchev–Trinajstić information content (AvgIpc) is 2.98. The molecule has 0 aromatic carbocycles. The van der Waals surface area contributed by atoms with E-state index >= 15 is 0 Å². The molecule has 1 aromatic heterocycles. The maximum atomic E-state index is 12.6. The van der Waals surface area contributed by atoms with Gasteiger partial charge in [0.05, 0.1) is 5.41 Å². The number of carboxylic acids is 1. The number of carbonyl (C=O) groups is 3. The summed E-state index contributed by atoms with van der Waals surface area (Å²) in [6.07, 6.45) is 2.38. The summed E-state index contributed by atoms with van der Waals surface area (Å²) in [5.74, 6) is -2.48. The van der Waals surface area contributed by atoms with Crippen molar-refractivity contribution in [2.24, 2.45) is 5.41 Å². The van der Waals surface area contributed by atoms with Crippen molar-refractivity contribution in [3.63, 3.8) is 0 Å². The second-order valence-electron chi connectivity index (χ2n) is 6.90. The average molecular weight is 413 g/mol. The number of aromatic nitrogens is 1. The van der Waals surface area contributed by atoms with Crippen molar-refractivity contribution in [1.82, 2.24) is 14.8 Å². The Morgan fingerprint density at radius 3 is 2.17 bits per heavy atom. The highest BCUT2D eigenvalue weighted by Crippen LogP contribution is 2.41. The predicted molar refractivity (Wildman–Crippen MR) is 96.9 cm³/mol. The number of rotatable bonds is 3. The number of halogens is 3. The normalized spacial score (nSPS) is 18.2. The van der Waals surface area contributed by atoms with Crippen LogP contribution in [-0.2, 0) is 9.59 Å². The lowest BCUT2D eigenvalue weighted by Gasteiger charge is -2.38. The fraction of sp³-hybridized carbons (Fsp3) is 0.474. The molecule has 0 saturated carbocycles. The Morgan fingerprint density at radius 1 is 1.17 bits per heavy atom. The van der Waals surface area contributed by atoms with E-state index in [1.165, 1.54) is 0 Å². The smallest absolute Gasteiger partial charge is 0.475 e. The Hall–Kier alpha value is -2.91. The van der Waals surface area contributed by atoms with E-state index in [1.54, 1.807) is 30.6 Å². The molecule has 2 aliphatic heterocycles. The lowest BCUT2D eigenvalue weighted by molar-refractivity contribution is -0.192. The first-order valence-electron chi connectivity index (χ1n) is 9.00. The van der Waals surface area contributed by atoms with Gasteiger partial charge in [-0.15, -0.1) is 6.58 Å². The number of amides is 2. The number of likely N-dealkylation sites (tertiary alicyclic amines) is 2. The van der Waals surface area contributed by atoms with E-state index in [4.69, 9.17) is 9.90 Å². The summed E-state index contributed by atoms with van der Waals surface area (Å²) in [5.41, 5.74) is 0.412. The van der Waals surface area contributed by atoms with Crippen LogP contribution in [0.15, 0.2) is 37.2 Å². The highest BCUT2D eigenvalue weighted by atomic mass is 19.4. The van der Waals surface area contributed by atoms with Crippen molar-refractivity contribution in [1.29, 1.82) is 0 Å². The Labute approximate surface area is 165 Å². The molecule has 1 spiro atoms. The summed E-state index contributed by atoms with van der Waals surface area (Å²) in [7, 11) is 0. The van der Waals surface area contributed by atoms with E-state index < -0.39 is 12.1 Å². The van der Waals surface area contributed by atoms with E-state index in [0.29, 0.717) is 25.2 Å². The van der Waals surface area contributed by atoms with Gasteiger partial charge in [-0.3, -0.25) is 14.6 Å². The van der Waals surface area contributed by atoms with Gasteiger partial charge >= 0.3 is 12.1 Å². The molecule has 0 aliphatic carbocycles. The molecule has 3 heterocycles. The highest BCUT2D eigenvalue weighted by Gasteiger charge is 2.48. The second kappa shape index (κ2) is 9.06. The molecule has 7 nitrogen and oxygen atoms in total. The number of piperidine rings is 1. The van der Waals surface area contributed by atoms with Gasteiger partial charge in [0.1, 0.15) is 0 Å². The number of hydrogen-bond acceptors (Lipinski definition) is 4. The summed E-state index contributed by atoms with van der Waals surface area (Å²) in [6.45, 7) is 6.44. The van der Waals surface area contributed by atoms with E-state index in [1.807, 2.05) is 9.80 Å². The van der Waals surface area contributed by atoms with Gasteiger partial charge < -0.3 is 14.9 Å². The Balaban J connectivity index is 0.000000370. The summed E-state index contributed by atoms with van der Waals surface area (Å²) in [6, 6.07) is 3.47. The first-order valence-corrected chi connectivity index (χ1v) is 9.00. The fourth-order valence-electron chi connectivity index (χ4n) is 3.50. The number of pyridine rings is 1. The van der Waals surface area contributed by atoms with Gasteiger partial charge in [-0.05, 0) is 31.4 Å². The topological polar surface area (TPSA) is 90.8 Å². The molecule has 3 rings (SSSR count). The van der Waals surface area contributed by atoms with E-state index in [9.17, 15) is 22.8 Å². The van der Waals surface area contributed by atoms with Crippen LogP contribution in [0.3, 0.4) is 0 Å². The lowest BCUT2D eigenvalue weighted by atomic mass is 9.77. The Morgan fingerprint density at radius 2 is 1.69 bits per heavy atom. The van der Waals surface area contributed by atoms with E-state index in [-0.39, 0.29) is 17.2 Å². The molecule has 2 amide bonds. The molecule has 0 radical (unpaired) electrons. The molecule has 2 saturated heterocycles. The van der Waals surface area contributed by atoms with Crippen molar-refractivity contribution in [2.75, 3.05) is 26.2 Å². The minimum absolute atomic E-state index is 0.0330. The predicted octanol–water partition coefficient (Wildman–Crippen LogP) is 2.36. The minimum Gasteiger partial charge on any atom is -0.475 e. The third-order valence-electron chi connectivity index (χ3n) is 5.13. The van der Waals surface area contributed by atoms with Crippen LogP contribution in [-0.4, -0.2) is 70.0 Å². The third-order valence-corrected chi connectivity index (χ3v) is 5.13. The van der Waals surface area contributed by atoms with Crippen molar-refractivity contribution < 1.29 is 32.7 Å². The van der Waals surface area contributed by atoms with Crippen molar-refractivity contribution in [3.05, 3.63) is 42.7 Å². The van der Waals surface area contributed by atoms with E-state index in [0.717, 1.165) is 25.8 Å². The minimum atomic E-state index is -5.08. The molecule has 10 heteroatoms. The maximum absolute atomic E-state index is 12.6. The van der Waals surface area contributed by atoms with Crippen LogP contribution in [0.2, 0.25) is 0 Å². The number of alkyl halides is 3. The van der Waals surface area contributed by atoms with Crippen LogP contribution < -0.4 is 0 Å². The van der Waals surface area contributed by atoms with Gasteiger partial charge in [0.25, 0.3) is 5.91 Å². The SMILES string of the molecule is C=CCN1CCC2(CCN(C(=O)c3ccncc3)CC2)C1=O.O=C(O)C(F)(F)F. The van der Waals surface area contributed by atoms with Crippen LogP contribution in [0.4, 0.5) is 13.2 Å². The number of nitrogens with zero attached hydrogens (tertiary/aromatic N) is 3. The Kier molecular flexibility index (Phi) is 6.99.